The van der Waals surface area contributed by atoms with Crippen molar-refractivity contribution in [1.29, 1.82) is 0 Å². The van der Waals surface area contributed by atoms with E-state index in [4.69, 9.17) is 4.74 Å². The van der Waals surface area contributed by atoms with Crippen LogP contribution in [0.25, 0.3) is 0 Å². The quantitative estimate of drug-likeness (QED) is 0.490. The molecule has 1 aromatic carbocycles. The summed E-state index contributed by atoms with van der Waals surface area (Å²) in [6.45, 7) is 7.03. The Bertz CT molecular complexity index is 906. The Labute approximate surface area is 182 Å². The summed E-state index contributed by atoms with van der Waals surface area (Å²) in [6, 6.07) is 5.60. The van der Waals surface area contributed by atoms with Gasteiger partial charge in [-0.05, 0) is 50.0 Å². The first-order chi connectivity index (χ1) is 15.0. The fourth-order valence-electron chi connectivity index (χ4n) is 5.04. The third kappa shape index (κ3) is 3.84. The largest absolute Gasteiger partial charge is 0.483 e. The van der Waals surface area contributed by atoms with Gasteiger partial charge in [0.15, 0.2) is 11.5 Å². The number of benzene rings is 1. The van der Waals surface area contributed by atoms with Crippen molar-refractivity contribution in [3.05, 3.63) is 51.3 Å². The number of carbonyl (C=O) groups is 2. The zero-order valence-corrected chi connectivity index (χ0v) is 18.1. The van der Waals surface area contributed by atoms with E-state index in [2.05, 4.69) is 18.7 Å². The molecule has 8 heteroatoms. The fraction of sp³-hybridized carbons (Fsp3) is 0.565. The van der Waals surface area contributed by atoms with Crippen LogP contribution in [0, 0.1) is 16.0 Å². The van der Waals surface area contributed by atoms with Crippen LogP contribution in [0.4, 0.5) is 5.69 Å². The van der Waals surface area contributed by atoms with E-state index in [1.54, 1.807) is 17.0 Å². The summed E-state index contributed by atoms with van der Waals surface area (Å²) in [5.74, 6) is -0.254. The molecule has 0 N–H and O–H groups in total. The van der Waals surface area contributed by atoms with Crippen LogP contribution in [0.15, 0.2) is 35.6 Å². The summed E-state index contributed by atoms with van der Waals surface area (Å²) in [4.78, 5) is 41.4. The van der Waals surface area contributed by atoms with Crippen LogP contribution < -0.4 is 0 Å². The average molecular weight is 428 g/mol. The molecule has 1 aliphatic carbocycles. The number of carbonyl (C=O) groups excluding carboxylic acids is 2. The normalized spacial score (nSPS) is 25.5. The minimum Gasteiger partial charge on any atom is -0.483 e. The van der Waals surface area contributed by atoms with Crippen LogP contribution in [-0.2, 0) is 14.3 Å². The van der Waals surface area contributed by atoms with Crippen LogP contribution in [-0.4, -0.2) is 58.7 Å². The summed E-state index contributed by atoms with van der Waals surface area (Å²) < 4.78 is 6.15. The molecule has 4 rings (SSSR count). The summed E-state index contributed by atoms with van der Waals surface area (Å²) in [5, 5.41) is 11.1. The molecule has 0 saturated heterocycles. The maximum Gasteiger partial charge on any atom is 0.290 e. The molecule has 8 nitrogen and oxygen atoms in total. The van der Waals surface area contributed by atoms with Crippen LogP contribution in [0.5, 0.6) is 0 Å². The molecule has 0 radical (unpaired) electrons. The average Bonchev–Trinajstić information content (AvgIpc) is 3.06. The van der Waals surface area contributed by atoms with Crippen molar-refractivity contribution in [2.75, 3.05) is 26.2 Å². The van der Waals surface area contributed by atoms with Crippen LogP contribution in [0.2, 0.25) is 0 Å². The smallest absolute Gasteiger partial charge is 0.290 e. The SMILES string of the molecule is CCN(CC)CCN1C(=O)C2=C(C(=O)C3CCCCC3O2)C1c1ccc([N+](=O)[O-])cc1. The van der Waals surface area contributed by atoms with Crippen molar-refractivity contribution in [2.45, 2.75) is 51.7 Å². The predicted molar refractivity (Wildman–Crippen MR) is 114 cm³/mol. The molecule has 1 fully saturated rings. The molecule has 3 atom stereocenters. The van der Waals surface area contributed by atoms with Gasteiger partial charge < -0.3 is 14.5 Å². The number of amides is 1. The highest BCUT2D eigenvalue weighted by Gasteiger charge is 2.51. The van der Waals surface area contributed by atoms with E-state index in [0.29, 0.717) is 24.2 Å². The van der Waals surface area contributed by atoms with Gasteiger partial charge in [0.2, 0.25) is 0 Å². The summed E-state index contributed by atoms with van der Waals surface area (Å²) in [7, 11) is 0. The number of nitro benzene ring substituents is 1. The van der Waals surface area contributed by atoms with E-state index in [1.165, 1.54) is 12.1 Å². The lowest BCUT2D eigenvalue weighted by Gasteiger charge is -2.35. The van der Waals surface area contributed by atoms with Crippen molar-refractivity contribution >= 4 is 17.4 Å². The van der Waals surface area contributed by atoms with E-state index in [0.717, 1.165) is 38.8 Å². The first-order valence-electron chi connectivity index (χ1n) is 11.2. The van der Waals surface area contributed by atoms with E-state index in [1.807, 2.05) is 0 Å². The third-order valence-corrected chi connectivity index (χ3v) is 6.83. The Morgan fingerprint density at radius 2 is 1.81 bits per heavy atom. The second-order valence-corrected chi connectivity index (χ2v) is 8.43. The molecule has 166 valence electrons. The molecule has 3 unspecified atom stereocenters. The Morgan fingerprint density at radius 3 is 2.45 bits per heavy atom. The summed E-state index contributed by atoms with van der Waals surface area (Å²) in [5.41, 5.74) is 1.12. The van der Waals surface area contributed by atoms with Crippen molar-refractivity contribution in [3.63, 3.8) is 0 Å². The van der Waals surface area contributed by atoms with Crippen molar-refractivity contribution < 1.29 is 19.2 Å². The zero-order chi connectivity index (χ0) is 22.1. The molecule has 3 aliphatic rings. The van der Waals surface area contributed by atoms with E-state index in [9.17, 15) is 19.7 Å². The van der Waals surface area contributed by atoms with Gasteiger partial charge in [-0.3, -0.25) is 19.7 Å². The Morgan fingerprint density at radius 1 is 1.13 bits per heavy atom. The number of Topliss-reactive ketones (excluding diaryl/α,β-unsaturated/α-hetero) is 1. The molecule has 1 aromatic rings. The van der Waals surface area contributed by atoms with E-state index in [-0.39, 0.29) is 35.2 Å². The molecule has 0 aromatic heterocycles. The highest BCUT2D eigenvalue weighted by molar-refractivity contribution is 6.11. The minimum atomic E-state index is -0.561. The number of nitrogens with zero attached hydrogens (tertiary/aromatic N) is 3. The van der Waals surface area contributed by atoms with Crippen LogP contribution in [0.1, 0.15) is 51.1 Å². The monoisotopic (exact) mass is 427 g/mol. The Balaban J connectivity index is 1.71. The molecule has 0 bridgehead atoms. The molecular formula is C23H29N3O5. The first kappa shape index (κ1) is 21.5. The highest BCUT2D eigenvalue weighted by atomic mass is 16.6. The zero-order valence-electron chi connectivity index (χ0n) is 18.1. The molecule has 2 aliphatic heterocycles. The lowest BCUT2D eigenvalue weighted by atomic mass is 9.77. The van der Waals surface area contributed by atoms with Gasteiger partial charge in [0.25, 0.3) is 11.6 Å². The van der Waals surface area contributed by atoms with Gasteiger partial charge in [0, 0.05) is 25.2 Å². The number of ether oxygens (including phenoxy) is 1. The van der Waals surface area contributed by atoms with Gasteiger partial charge in [-0.15, -0.1) is 0 Å². The van der Waals surface area contributed by atoms with Crippen molar-refractivity contribution in [1.82, 2.24) is 9.80 Å². The van der Waals surface area contributed by atoms with Crippen molar-refractivity contribution in [3.8, 4) is 0 Å². The number of fused-ring (bicyclic) bond motifs is 1. The maximum atomic E-state index is 13.5. The van der Waals surface area contributed by atoms with Crippen LogP contribution >= 0.6 is 0 Å². The predicted octanol–water partition coefficient (Wildman–Crippen LogP) is 3.23. The lowest BCUT2D eigenvalue weighted by molar-refractivity contribution is -0.384. The number of rotatable bonds is 7. The number of hydrogen-bond donors (Lipinski definition) is 0. The minimum absolute atomic E-state index is 0.00740. The first-order valence-corrected chi connectivity index (χ1v) is 11.2. The number of nitro groups is 1. The van der Waals surface area contributed by atoms with E-state index < -0.39 is 11.0 Å². The molecule has 1 saturated carbocycles. The third-order valence-electron chi connectivity index (χ3n) is 6.83. The van der Waals surface area contributed by atoms with Gasteiger partial charge in [-0.2, -0.15) is 0 Å². The molecule has 1 amide bonds. The van der Waals surface area contributed by atoms with Crippen molar-refractivity contribution in [2.24, 2.45) is 5.92 Å². The number of hydrogen-bond acceptors (Lipinski definition) is 6. The second kappa shape index (κ2) is 8.78. The Kier molecular flexibility index (Phi) is 6.09. The van der Waals surface area contributed by atoms with Gasteiger partial charge in [-0.25, -0.2) is 0 Å². The number of likely N-dealkylation sites (N-methyl/N-ethyl adjacent to an activating group) is 1. The van der Waals surface area contributed by atoms with Gasteiger partial charge >= 0.3 is 0 Å². The molecule has 31 heavy (non-hydrogen) atoms. The van der Waals surface area contributed by atoms with Gasteiger partial charge in [-0.1, -0.05) is 20.3 Å². The van der Waals surface area contributed by atoms with E-state index >= 15 is 0 Å². The molecule has 2 heterocycles. The highest BCUT2D eigenvalue weighted by Crippen LogP contribution is 2.46. The molecule has 0 spiro atoms. The Hall–Kier alpha value is -2.74. The number of non-ortho nitro benzene ring substituents is 1. The fourth-order valence-corrected chi connectivity index (χ4v) is 5.04. The summed E-state index contributed by atoms with van der Waals surface area (Å²) >= 11 is 0. The topological polar surface area (TPSA) is 93.0 Å². The van der Waals surface area contributed by atoms with Gasteiger partial charge in [0.05, 0.1) is 22.5 Å². The van der Waals surface area contributed by atoms with Gasteiger partial charge in [0.1, 0.15) is 6.10 Å². The maximum absolute atomic E-state index is 13.5. The second-order valence-electron chi connectivity index (χ2n) is 8.43. The summed E-state index contributed by atoms with van der Waals surface area (Å²) in [6.07, 6.45) is 3.34. The standard InChI is InChI=1S/C23H29N3O5/c1-3-24(4-2)13-14-25-20(15-9-11-16(12-10-15)26(29)30)19-21(27)17-7-5-6-8-18(17)31-22(19)23(25)28/h9-12,17-18,20H,3-8,13-14H2,1-2H3. The lowest BCUT2D eigenvalue weighted by Crippen LogP contribution is -2.39. The molecular weight excluding hydrogens is 398 g/mol. The number of ketones is 1. The van der Waals surface area contributed by atoms with Crippen LogP contribution in [0.3, 0.4) is 0 Å².